The fraction of sp³-hybridized carbons (Fsp3) is 0.0500. The van der Waals surface area contributed by atoms with Gasteiger partial charge in [0.1, 0.15) is 11.3 Å². The highest BCUT2D eigenvalue weighted by Gasteiger charge is 1.98. The molecule has 3 nitrogen and oxygen atoms in total. The Bertz CT molecular complexity index is 1030. The van der Waals surface area contributed by atoms with Crippen molar-refractivity contribution in [1.82, 2.24) is 9.97 Å². The van der Waals surface area contributed by atoms with Gasteiger partial charge in [0, 0.05) is 0 Å². The first-order valence-electron chi connectivity index (χ1n) is 6.28. The maximum Gasteiger partial charge on any atom is 0.143 e. The number of benzene rings is 1. The number of nitrogens with one attached hydrogen (secondary N) is 1. The lowest BCUT2D eigenvalue weighted by Crippen LogP contribution is -1.68. The lowest BCUT2D eigenvalue weighted by molar-refractivity contribution is 0.480. The number of nitrogens with zero attached hydrogens (tertiary/aromatic N) is 1. The highest BCUT2D eigenvalue weighted by atomic mass is 16.3. The van der Waals surface area contributed by atoms with Crippen LogP contribution in [0.2, 0.25) is 0 Å². The number of hydrogen-bond donors (Lipinski definition) is 2. The minimum absolute atomic E-state index is 0.221. The maximum atomic E-state index is 9.18. The van der Waals surface area contributed by atoms with E-state index in [1.807, 2.05) is 6.07 Å². The van der Waals surface area contributed by atoms with Crippen LogP contribution in [-0.2, 0) is 0 Å². The van der Waals surface area contributed by atoms with Gasteiger partial charge in [-0.3, -0.25) is 0 Å². The Morgan fingerprint density at radius 2 is 1.57 bits per heavy atom. The molecular formula is C20H10N2O. The van der Waals surface area contributed by atoms with Crippen LogP contribution in [0.5, 0.6) is 5.75 Å². The van der Waals surface area contributed by atoms with Gasteiger partial charge < -0.3 is 10.1 Å². The molecule has 0 aliphatic rings. The van der Waals surface area contributed by atoms with E-state index in [0.29, 0.717) is 5.52 Å². The van der Waals surface area contributed by atoms with Gasteiger partial charge in [0.05, 0.1) is 11.8 Å². The molecule has 0 atom stereocenters. The number of phenolic OH excluding ortho intramolecular Hbond substituents is 1. The minimum Gasteiger partial charge on any atom is -0.506 e. The zero-order valence-electron chi connectivity index (χ0n) is 12.3. The summed E-state index contributed by atoms with van der Waals surface area (Å²) in [5, 5.41) is 9.18. The standard InChI is InChI=1S/C13H4.C7H6N2O/c1-3-5-7-9-11-13-12-10-8-6-4-2;10-6-3-1-2-5-7(6)9-4-8-5/h1H,2H3;1-4,10H,(H,8,9). The van der Waals surface area contributed by atoms with Crippen LogP contribution in [-0.4, -0.2) is 15.1 Å². The number of phenols is 1. The number of aromatic nitrogens is 2. The molecule has 0 saturated heterocycles. The van der Waals surface area contributed by atoms with Crippen LogP contribution < -0.4 is 0 Å². The summed E-state index contributed by atoms with van der Waals surface area (Å²) in [6.45, 7) is 1.71. The Morgan fingerprint density at radius 1 is 0.957 bits per heavy atom. The van der Waals surface area contributed by atoms with Crippen LogP contribution in [0.3, 0.4) is 0 Å². The molecule has 106 valence electrons. The molecule has 0 unspecified atom stereocenters. The summed E-state index contributed by atoms with van der Waals surface area (Å²) in [7, 11) is 0. The van der Waals surface area contributed by atoms with Gasteiger partial charge >= 0.3 is 0 Å². The number of aromatic hydroxyl groups is 1. The fourth-order valence-corrected chi connectivity index (χ4v) is 1.27. The second-order valence-corrected chi connectivity index (χ2v) is 3.60. The minimum atomic E-state index is 0.221. The van der Waals surface area contributed by atoms with E-state index in [-0.39, 0.29) is 5.75 Å². The number of terminal acetylenes is 1. The van der Waals surface area contributed by atoms with Gasteiger partial charge in [-0.1, -0.05) is 12.0 Å². The topological polar surface area (TPSA) is 48.9 Å². The largest absolute Gasteiger partial charge is 0.506 e. The average Bonchev–Trinajstić information content (AvgIpc) is 3.04. The van der Waals surface area contributed by atoms with Crippen LogP contribution in [0, 0.1) is 71.5 Å². The van der Waals surface area contributed by atoms with Gasteiger partial charge in [-0.15, -0.1) is 6.42 Å². The first-order chi connectivity index (χ1) is 11.3. The number of imidazole rings is 1. The Morgan fingerprint density at radius 3 is 2.13 bits per heavy atom. The smallest absolute Gasteiger partial charge is 0.143 e. The van der Waals surface area contributed by atoms with Crippen molar-refractivity contribution in [2.75, 3.05) is 0 Å². The Hall–Kier alpha value is -4.15. The zero-order chi connectivity index (χ0) is 16.8. The Kier molecular flexibility index (Phi) is 7.80. The van der Waals surface area contributed by atoms with Crippen molar-refractivity contribution in [2.45, 2.75) is 6.92 Å². The molecule has 23 heavy (non-hydrogen) atoms. The molecule has 0 fully saturated rings. The Labute approximate surface area is 135 Å². The predicted molar refractivity (Wildman–Crippen MR) is 91.1 cm³/mol. The molecular weight excluding hydrogens is 284 g/mol. The van der Waals surface area contributed by atoms with Crippen LogP contribution in [0.25, 0.3) is 11.0 Å². The molecule has 0 saturated carbocycles. The summed E-state index contributed by atoms with van der Waals surface area (Å²) in [6.07, 6.45) is 6.42. The summed E-state index contributed by atoms with van der Waals surface area (Å²) in [6, 6.07) is 5.25. The monoisotopic (exact) mass is 294 g/mol. The second-order valence-electron chi connectivity index (χ2n) is 3.60. The van der Waals surface area contributed by atoms with E-state index in [4.69, 9.17) is 6.42 Å². The quantitative estimate of drug-likeness (QED) is 0.729. The van der Waals surface area contributed by atoms with E-state index in [1.165, 1.54) is 0 Å². The first kappa shape index (κ1) is 16.9. The third kappa shape index (κ3) is 6.71. The fourth-order valence-electron chi connectivity index (χ4n) is 1.27. The number of aromatic amines is 1. The van der Waals surface area contributed by atoms with Gasteiger partial charge in [0.15, 0.2) is 0 Å². The summed E-state index contributed by atoms with van der Waals surface area (Å²) in [4.78, 5) is 6.80. The number of para-hydroxylation sites is 1. The number of H-pyrrole nitrogens is 1. The molecule has 3 heteroatoms. The van der Waals surface area contributed by atoms with Gasteiger partial charge in [-0.2, -0.15) is 0 Å². The summed E-state index contributed by atoms with van der Waals surface area (Å²) in [5.41, 5.74) is 1.49. The molecule has 2 N–H and O–H groups in total. The lowest BCUT2D eigenvalue weighted by Gasteiger charge is -1.89. The summed E-state index contributed by atoms with van der Waals surface area (Å²) >= 11 is 0. The number of fused-ring (bicyclic) bond motifs is 1. The van der Waals surface area contributed by atoms with E-state index in [0.717, 1.165) is 5.52 Å². The maximum absolute atomic E-state index is 9.18. The average molecular weight is 294 g/mol. The summed E-state index contributed by atoms with van der Waals surface area (Å²) in [5.74, 6) is 27.2. The van der Waals surface area contributed by atoms with Crippen LogP contribution in [0.1, 0.15) is 6.92 Å². The molecule has 1 aromatic heterocycles. The van der Waals surface area contributed by atoms with E-state index in [9.17, 15) is 5.11 Å². The molecule has 0 amide bonds. The van der Waals surface area contributed by atoms with Crippen LogP contribution in [0.4, 0.5) is 0 Å². The molecule has 1 aromatic carbocycles. The van der Waals surface area contributed by atoms with Gasteiger partial charge in [0.25, 0.3) is 0 Å². The van der Waals surface area contributed by atoms with Crippen LogP contribution in [0.15, 0.2) is 24.5 Å². The van der Waals surface area contributed by atoms with E-state index in [2.05, 4.69) is 75.1 Å². The van der Waals surface area contributed by atoms with Crippen molar-refractivity contribution in [2.24, 2.45) is 0 Å². The van der Waals surface area contributed by atoms with E-state index in [1.54, 1.807) is 25.4 Å². The molecule has 2 rings (SSSR count). The molecule has 0 spiro atoms. The van der Waals surface area contributed by atoms with Gasteiger partial charge in [-0.05, 0) is 78.3 Å². The molecule has 1 heterocycles. The second kappa shape index (κ2) is 10.6. The number of hydrogen-bond acceptors (Lipinski definition) is 2. The van der Waals surface area contributed by atoms with Crippen molar-refractivity contribution in [3.63, 3.8) is 0 Å². The predicted octanol–water partition coefficient (Wildman–Crippen LogP) is 1.92. The SMILES string of the molecule is C#CC#CC#CC#CC#CC#CC.Oc1cccc2[nH]cnc12. The highest BCUT2D eigenvalue weighted by molar-refractivity contribution is 5.80. The van der Waals surface area contributed by atoms with Crippen LogP contribution >= 0.6 is 0 Å². The zero-order valence-corrected chi connectivity index (χ0v) is 12.3. The molecule has 0 aliphatic carbocycles. The Balaban J connectivity index is 0.000000235. The van der Waals surface area contributed by atoms with E-state index < -0.39 is 0 Å². The third-order valence-corrected chi connectivity index (χ3v) is 2.13. The van der Waals surface area contributed by atoms with Crippen molar-refractivity contribution in [1.29, 1.82) is 0 Å². The van der Waals surface area contributed by atoms with Crippen molar-refractivity contribution in [3.05, 3.63) is 24.5 Å². The van der Waals surface area contributed by atoms with Crippen molar-refractivity contribution >= 4 is 11.0 Å². The van der Waals surface area contributed by atoms with Gasteiger partial charge in [-0.25, -0.2) is 4.98 Å². The van der Waals surface area contributed by atoms with Crippen molar-refractivity contribution < 1.29 is 5.11 Å². The summed E-state index contributed by atoms with van der Waals surface area (Å²) < 4.78 is 0. The van der Waals surface area contributed by atoms with Crippen molar-refractivity contribution in [3.8, 4) is 77.3 Å². The molecule has 0 aliphatic heterocycles. The van der Waals surface area contributed by atoms with Gasteiger partial charge in [0.2, 0.25) is 0 Å². The molecule has 2 aromatic rings. The third-order valence-electron chi connectivity index (χ3n) is 2.13. The lowest BCUT2D eigenvalue weighted by atomic mass is 10.3. The first-order valence-corrected chi connectivity index (χ1v) is 6.28. The van der Waals surface area contributed by atoms with E-state index >= 15 is 0 Å². The normalized spacial score (nSPS) is 6.61. The molecule has 0 bridgehead atoms. The highest BCUT2D eigenvalue weighted by Crippen LogP contribution is 2.19. The molecule has 0 radical (unpaired) electrons. The number of rotatable bonds is 0.